The van der Waals surface area contributed by atoms with Gasteiger partial charge in [-0.15, -0.1) is 0 Å². The molecule has 7 nitrogen and oxygen atoms in total. The number of morpholine rings is 1. The molecule has 0 aromatic carbocycles. The fraction of sp³-hybridized carbons (Fsp3) is 0.778. The average Bonchev–Trinajstić information content (AvgIpc) is 3.08. The third-order valence-electron chi connectivity index (χ3n) is 5.92. The number of H-pyrrole nitrogens is 1. The molecule has 3 N–H and O–H groups in total. The summed E-state index contributed by atoms with van der Waals surface area (Å²) in [6, 6.07) is -0.0962. The Kier molecular flexibility index (Phi) is 5.05. The molecule has 138 valence electrons. The number of aromatic nitrogens is 2. The molecule has 1 amide bonds. The zero-order valence-corrected chi connectivity index (χ0v) is 14.7. The summed E-state index contributed by atoms with van der Waals surface area (Å²) in [5.41, 5.74) is 2.70. The Morgan fingerprint density at radius 1 is 1.20 bits per heavy atom. The van der Waals surface area contributed by atoms with Gasteiger partial charge in [-0.25, -0.2) is 0 Å². The number of rotatable bonds is 3. The van der Waals surface area contributed by atoms with Crippen molar-refractivity contribution in [2.45, 2.75) is 63.1 Å². The predicted octanol–water partition coefficient (Wildman–Crippen LogP) is 0.633. The SMILES string of the molecule is O=C(N[C@@H]1CCC[C@@H](N2CCOCC2)[C@@H]1O)c1n[nH]c2c1CCCC2. The number of carbonyl (C=O) groups excluding carboxylic acids is 1. The number of aryl methyl sites for hydroxylation is 1. The largest absolute Gasteiger partial charge is 0.389 e. The molecule has 1 aromatic heterocycles. The van der Waals surface area contributed by atoms with Gasteiger partial charge in [0.2, 0.25) is 0 Å². The minimum Gasteiger partial charge on any atom is -0.389 e. The molecule has 25 heavy (non-hydrogen) atoms. The van der Waals surface area contributed by atoms with E-state index in [1.165, 1.54) is 0 Å². The highest BCUT2D eigenvalue weighted by molar-refractivity contribution is 5.94. The molecule has 4 rings (SSSR count). The van der Waals surface area contributed by atoms with Gasteiger partial charge >= 0.3 is 0 Å². The fourth-order valence-corrected chi connectivity index (χ4v) is 4.53. The Hall–Kier alpha value is -1.44. The number of aliphatic hydroxyl groups is 1. The summed E-state index contributed by atoms with van der Waals surface area (Å²) in [6.45, 7) is 3.16. The van der Waals surface area contributed by atoms with E-state index in [2.05, 4.69) is 20.4 Å². The molecule has 1 aliphatic heterocycles. The van der Waals surface area contributed by atoms with E-state index in [0.29, 0.717) is 5.69 Å². The second-order valence-electron chi connectivity index (χ2n) is 7.45. The topological polar surface area (TPSA) is 90.5 Å². The number of amides is 1. The Morgan fingerprint density at radius 3 is 2.84 bits per heavy atom. The fourth-order valence-electron chi connectivity index (χ4n) is 4.53. The summed E-state index contributed by atoms with van der Waals surface area (Å²) in [5.74, 6) is -0.147. The van der Waals surface area contributed by atoms with Gasteiger partial charge in [0.25, 0.3) is 5.91 Å². The van der Waals surface area contributed by atoms with E-state index in [-0.39, 0.29) is 18.0 Å². The first-order chi connectivity index (χ1) is 12.2. The maximum absolute atomic E-state index is 12.7. The van der Waals surface area contributed by atoms with Crippen LogP contribution in [0.1, 0.15) is 53.8 Å². The normalized spacial score (nSPS) is 30.7. The highest BCUT2D eigenvalue weighted by Crippen LogP contribution is 2.26. The number of aromatic amines is 1. The molecule has 0 radical (unpaired) electrons. The molecule has 2 fully saturated rings. The third-order valence-corrected chi connectivity index (χ3v) is 5.92. The molecule has 2 heterocycles. The molecular weight excluding hydrogens is 320 g/mol. The summed E-state index contributed by atoms with van der Waals surface area (Å²) in [4.78, 5) is 15.0. The highest BCUT2D eigenvalue weighted by atomic mass is 16.5. The number of hydrogen-bond acceptors (Lipinski definition) is 5. The summed E-state index contributed by atoms with van der Waals surface area (Å²) < 4.78 is 5.41. The number of nitrogens with zero attached hydrogens (tertiary/aromatic N) is 2. The van der Waals surface area contributed by atoms with Gasteiger partial charge in [-0.1, -0.05) is 0 Å². The minimum atomic E-state index is -0.537. The lowest BCUT2D eigenvalue weighted by Gasteiger charge is -2.42. The summed E-state index contributed by atoms with van der Waals surface area (Å²) in [7, 11) is 0. The Labute approximate surface area is 148 Å². The first-order valence-corrected chi connectivity index (χ1v) is 9.61. The smallest absolute Gasteiger partial charge is 0.272 e. The lowest BCUT2D eigenvalue weighted by atomic mass is 9.86. The van der Waals surface area contributed by atoms with Gasteiger partial charge in [0.15, 0.2) is 5.69 Å². The van der Waals surface area contributed by atoms with Gasteiger partial charge in [0.1, 0.15) is 0 Å². The number of fused-ring (bicyclic) bond motifs is 1. The molecule has 1 saturated carbocycles. The lowest BCUT2D eigenvalue weighted by Crippen LogP contribution is -2.58. The maximum Gasteiger partial charge on any atom is 0.272 e. The second-order valence-corrected chi connectivity index (χ2v) is 7.45. The minimum absolute atomic E-state index is 0.107. The molecule has 3 aliphatic rings. The highest BCUT2D eigenvalue weighted by Gasteiger charge is 2.37. The Bertz CT molecular complexity index is 611. The van der Waals surface area contributed by atoms with Crippen LogP contribution in [0, 0.1) is 0 Å². The maximum atomic E-state index is 12.7. The van der Waals surface area contributed by atoms with Gasteiger partial charge < -0.3 is 15.2 Å². The van der Waals surface area contributed by atoms with Crippen LogP contribution in [0.4, 0.5) is 0 Å². The van der Waals surface area contributed by atoms with Crippen molar-refractivity contribution < 1.29 is 14.6 Å². The van der Waals surface area contributed by atoms with Crippen molar-refractivity contribution in [3.05, 3.63) is 17.0 Å². The quantitative estimate of drug-likeness (QED) is 0.745. The van der Waals surface area contributed by atoms with Crippen molar-refractivity contribution in [1.29, 1.82) is 0 Å². The van der Waals surface area contributed by atoms with Crippen LogP contribution in [0.5, 0.6) is 0 Å². The standard InChI is InChI=1S/C18H28N4O3/c23-17-14(6-3-7-15(17)22-8-10-25-11-9-22)19-18(24)16-12-4-1-2-5-13(12)20-21-16/h14-15,17,23H,1-11H2,(H,19,24)(H,20,21)/t14-,15-,17-/m1/s1. The van der Waals surface area contributed by atoms with Gasteiger partial charge in [0, 0.05) is 30.4 Å². The lowest BCUT2D eigenvalue weighted by molar-refractivity contribution is -0.0459. The monoisotopic (exact) mass is 348 g/mol. The first-order valence-electron chi connectivity index (χ1n) is 9.61. The number of hydrogen-bond donors (Lipinski definition) is 3. The van der Waals surface area contributed by atoms with E-state index >= 15 is 0 Å². The van der Waals surface area contributed by atoms with Crippen LogP contribution in [0.15, 0.2) is 0 Å². The summed E-state index contributed by atoms with van der Waals surface area (Å²) in [6.07, 6.45) is 6.43. The van der Waals surface area contributed by atoms with Crippen molar-refractivity contribution in [3.63, 3.8) is 0 Å². The van der Waals surface area contributed by atoms with Gasteiger partial charge in [-0.05, 0) is 44.9 Å². The Balaban J connectivity index is 1.42. The predicted molar refractivity (Wildman–Crippen MR) is 92.5 cm³/mol. The zero-order chi connectivity index (χ0) is 17.2. The van der Waals surface area contributed by atoms with E-state index in [4.69, 9.17) is 4.74 Å². The Morgan fingerprint density at radius 2 is 2.00 bits per heavy atom. The molecule has 0 bridgehead atoms. The van der Waals surface area contributed by atoms with Gasteiger partial charge in [-0.2, -0.15) is 5.10 Å². The number of ether oxygens (including phenoxy) is 1. The van der Waals surface area contributed by atoms with Crippen molar-refractivity contribution in [3.8, 4) is 0 Å². The van der Waals surface area contributed by atoms with Gasteiger partial charge in [0.05, 0.1) is 25.4 Å². The zero-order valence-electron chi connectivity index (χ0n) is 14.7. The summed E-state index contributed by atoms with van der Waals surface area (Å²) in [5, 5.41) is 21.2. The molecule has 3 atom stereocenters. The molecule has 1 aromatic rings. The van der Waals surface area contributed by atoms with Crippen LogP contribution in [0.2, 0.25) is 0 Å². The number of carbonyl (C=O) groups is 1. The molecule has 2 aliphatic carbocycles. The molecule has 0 spiro atoms. The van der Waals surface area contributed by atoms with Crippen molar-refractivity contribution in [1.82, 2.24) is 20.4 Å². The van der Waals surface area contributed by atoms with E-state index < -0.39 is 6.10 Å². The summed E-state index contributed by atoms with van der Waals surface area (Å²) >= 11 is 0. The van der Waals surface area contributed by atoms with E-state index in [1.807, 2.05) is 0 Å². The number of aliphatic hydroxyl groups excluding tert-OH is 1. The molecular formula is C18H28N4O3. The van der Waals surface area contributed by atoms with Crippen LogP contribution in [0.3, 0.4) is 0 Å². The van der Waals surface area contributed by atoms with Crippen LogP contribution in [-0.4, -0.2) is 70.6 Å². The molecule has 7 heteroatoms. The molecule has 0 unspecified atom stereocenters. The third kappa shape index (κ3) is 3.45. The first kappa shape index (κ1) is 17.0. The average molecular weight is 348 g/mol. The van der Waals surface area contributed by atoms with Crippen LogP contribution in [0.25, 0.3) is 0 Å². The second kappa shape index (κ2) is 7.43. The van der Waals surface area contributed by atoms with Crippen LogP contribution >= 0.6 is 0 Å². The van der Waals surface area contributed by atoms with Crippen molar-refractivity contribution >= 4 is 5.91 Å². The van der Waals surface area contributed by atoms with Crippen LogP contribution < -0.4 is 5.32 Å². The molecule has 1 saturated heterocycles. The van der Waals surface area contributed by atoms with E-state index in [1.54, 1.807) is 0 Å². The van der Waals surface area contributed by atoms with E-state index in [9.17, 15) is 9.90 Å². The number of nitrogens with one attached hydrogen (secondary N) is 2. The van der Waals surface area contributed by atoms with Crippen molar-refractivity contribution in [2.75, 3.05) is 26.3 Å². The van der Waals surface area contributed by atoms with Crippen LogP contribution in [-0.2, 0) is 17.6 Å². The van der Waals surface area contributed by atoms with Gasteiger partial charge in [-0.3, -0.25) is 14.8 Å². The van der Waals surface area contributed by atoms with Crippen molar-refractivity contribution in [2.24, 2.45) is 0 Å². The van der Waals surface area contributed by atoms with E-state index in [0.717, 1.165) is 82.5 Å².